The standard InChI is InChI=1S/C14H9N/c1-2-7-13-10-15-14-8-4-3-6-12(14)9-11(13)5-1/h1-8,10H. The first-order valence-corrected chi connectivity index (χ1v) is 4.93. The van der Waals surface area contributed by atoms with E-state index in [-0.39, 0.29) is 0 Å². The summed E-state index contributed by atoms with van der Waals surface area (Å²) in [5, 5.41) is 0. The summed E-state index contributed by atoms with van der Waals surface area (Å²) in [5.41, 5.74) is 4.26. The number of fused-ring (bicyclic) bond motifs is 2. The number of hydrogen-bond donors (Lipinski definition) is 0. The molecule has 70 valence electrons. The molecule has 0 fully saturated rings. The lowest BCUT2D eigenvalue weighted by Gasteiger charge is -2.02. The highest BCUT2D eigenvalue weighted by Gasteiger charge is 2.09. The molecule has 0 aromatic heterocycles. The van der Waals surface area contributed by atoms with Gasteiger partial charge < -0.3 is 0 Å². The number of para-hydroxylation sites is 1. The zero-order chi connectivity index (χ0) is 10.1. The number of nitrogens with zero attached hydrogens (tertiary/aromatic N) is 1. The van der Waals surface area contributed by atoms with Crippen LogP contribution in [0.25, 0.3) is 0 Å². The molecule has 1 nitrogen and oxygen atoms in total. The van der Waals surface area contributed by atoms with E-state index in [0.717, 1.165) is 22.4 Å². The Morgan fingerprint density at radius 3 is 2.47 bits per heavy atom. The highest BCUT2D eigenvalue weighted by Crippen LogP contribution is 2.27. The van der Waals surface area contributed by atoms with E-state index in [1.54, 1.807) is 0 Å². The molecule has 1 heterocycles. The maximum atomic E-state index is 4.44. The highest BCUT2D eigenvalue weighted by molar-refractivity contribution is 5.87. The van der Waals surface area contributed by atoms with Gasteiger partial charge in [0, 0.05) is 6.21 Å². The van der Waals surface area contributed by atoms with Crippen LogP contribution < -0.4 is 0 Å². The van der Waals surface area contributed by atoms with Crippen molar-refractivity contribution in [3.05, 3.63) is 71.6 Å². The third-order valence-electron chi connectivity index (χ3n) is 2.48. The van der Waals surface area contributed by atoms with Gasteiger partial charge in [-0.2, -0.15) is 0 Å². The summed E-state index contributed by atoms with van der Waals surface area (Å²) in [7, 11) is 0. The van der Waals surface area contributed by atoms with Crippen molar-refractivity contribution in [2.45, 2.75) is 0 Å². The van der Waals surface area contributed by atoms with E-state index in [4.69, 9.17) is 0 Å². The summed E-state index contributed by atoms with van der Waals surface area (Å²) in [5.74, 6) is 0. The molecule has 1 aliphatic rings. The minimum absolute atomic E-state index is 0.980. The molecule has 1 aliphatic heterocycles. The monoisotopic (exact) mass is 191 g/mol. The van der Waals surface area contributed by atoms with Crippen molar-refractivity contribution in [3.8, 4) is 0 Å². The van der Waals surface area contributed by atoms with E-state index in [1.165, 1.54) is 0 Å². The van der Waals surface area contributed by atoms with Crippen LogP contribution in [0.3, 0.4) is 0 Å². The van der Waals surface area contributed by atoms with Crippen LogP contribution in [0.15, 0.2) is 53.5 Å². The summed E-state index contributed by atoms with van der Waals surface area (Å²) in [6.45, 7) is 0. The van der Waals surface area contributed by atoms with Crippen LogP contribution in [0, 0.1) is 6.42 Å². The Bertz CT molecular complexity index is 479. The SMILES string of the molecule is [C]1c2ccccc2C=Nc2ccccc21. The number of hydrogen-bond acceptors (Lipinski definition) is 1. The van der Waals surface area contributed by atoms with Crippen LogP contribution in [-0.4, -0.2) is 6.21 Å². The fraction of sp³-hybridized carbons (Fsp3) is 0. The van der Waals surface area contributed by atoms with Crippen LogP contribution in [0.2, 0.25) is 0 Å². The van der Waals surface area contributed by atoms with Gasteiger partial charge in [-0.25, -0.2) is 0 Å². The fourth-order valence-electron chi connectivity index (χ4n) is 1.70. The molecule has 0 unspecified atom stereocenters. The molecular formula is C14H9N. The van der Waals surface area contributed by atoms with E-state index < -0.39 is 0 Å². The van der Waals surface area contributed by atoms with Crippen molar-refractivity contribution in [1.82, 2.24) is 0 Å². The second kappa shape index (κ2) is 3.35. The molecule has 3 rings (SSSR count). The molecule has 0 saturated heterocycles. The van der Waals surface area contributed by atoms with Gasteiger partial charge in [-0.15, -0.1) is 0 Å². The molecular weight excluding hydrogens is 182 g/mol. The van der Waals surface area contributed by atoms with Crippen LogP contribution in [0.4, 0.5) is 5.69 Å². The lowest BCUT2D eigenvalue weighted by molar-refractivity contribution is 1.42. The first-order valence-electron chi connectivity index (χ1n) is 4.93. The molecule has 0 spiro atoms. The normalized spacial score (nSPS) is 12.8. The van der Waals surface area contributed by atoms with Gasteiger partial charge in [0.05, 0.1) is 12.1 Å². The lowest BCUT2D eigenvalue weighted by atomic mass is 10.0. The highest BCUT2D eigenvalue weighted by atomic mass is 14.7. The second-order valence-corrected chi connectivity index (χ2v) is 3.49. The van der Waals surface area contributed by atoms with Crippen molar-refractivity contribution in [1.29, 1.82) is 0 Å². The van der Waals surface area contributed by atoms with Gasteiger partial charge in [-0.3, -0.25) is 4.99 Å². The van der Waals surface area contributed by atoms with Gasteiger partial charge in [0.15, 0.2) is 0 Å². The average Bonchev–Trinajstić information content (AvgIpc) is 2.48. The minimum Gasteiger partial charge on any atom is -0.256 e. The second-order valence-electron chi connectivity index (χ2n) is 3.49. The Morgan fingerprint density at radius 1 is 0.800 bits per heavy atom. The molecule has 2 aromatic rings. The smallest absolute Gasteiger partial charge is 0.0671 e. The molecule has 0 bridgehead atoms. The lowest BCUT2D eigenvalue weighted by Crippen LogP contribution is -1.88. The Morgan fingerprint density at radius 2 is 1.53 bits per heavy atom. The third-order valence-corrected chi connectivity index (χ3v) is 2.48. The maximum Gasteiger partial charge on any atom is 0.0671 e. The predicted molar refractivity (Wildman–Crippen MR) is 61.6 cm³/mol. The Hall–Kier alpha value is -1.89. The summed E-state index contributed by atoms with van der Waals surface area (Å²) in [4.78, 5) is 4.44. The zero-order valence-corrected chi connectivity index (χ0v) is 8.14. The van der Waals surface area contributed by atoms with Crippen LogP contribution >= 0.6 is 0 Å². The topological polar surface area (TPSA) is 12.4 Å². The zero-order valence-electron chi connectivity index (χ0n) is 8.14. The largest absolute Gasteiger partial charge is 0.256 e. The van der Waals surface area contributed by atoms with Gasteiger partial charge in [0.2, 0.25) is 0 Å². The Kier molecular flexibility index (Phi) is 1.88. The predicted octanol–water partition coefficient (Wildman–Crippen LogP) is 3.23. The molecule has 0 aliphatic carbocycles. The van der Waals surface area contributed by atoms with Crippen molar-refractivity contribution in [2.24, 2.45) is 4.99 Å². The van der Waals surface area contributed by atoms with Gasteiger partial charge in [0.25, 0.3) is 0 Å². The number of aliphatic imine (C=N–C) groups is 1. The average molecular weight is 191 g/mol. The van der Waals surface area contributed by atoms with E-state index in [0.29, 0.717) is 0 Å². The van der Waals surface area contributed by atoms with Gasteiger partial charge in [-0.05, 0) is 22.8 Å². The number of rotatable bonds is 0. The Labute approximate surface area is 89.1 Å². The summed E-state index contributed by atoms with van der Waals surface area (Å²) < 4.78 is 0. The van der Waals surface area contributed by atoms with Crippen molar-refractivity contribution < 1.29 is 0 Å². The van der Waals surface area contributed by atoms with Crippen LogP contribution in [-0.2, 0) is 0 Å². The molecule has 1 heteroatoms. The maximum absolute atomic E-state index is 4.44. The summed E-state index contributed by atoms with van der Waals surface area (Å²) >= 11 is 0. The summed E-state index contributed by atoms with van der Waals surface area (Å²) in [6, 6.07) is 16.2. The van der Waals surface area contributed by atoms with Crippen LogP contribution in [0.5, 0.6) is 0 Å². The van der Waals surface area contributed by atoms with Gasteiger partial charge >= 0.3 is 0 Å². The molecule has 0 saturated carbocycles. The van der Waals surface area contributed by atoms with Crippen molar-refractivity contribution in [3.63, 3.8) is 0 Å². The first-order chi connectivity index (χ1) is 7.43. The van der Waals surface area contributed by atoms with E-state index in [9.17, 15) is 0 Å². The molecule has 2 radical (unpaired) electrons. The quantitative estimate of drug-likeness (QED) is 0.517. The molecule has 0 amide bonds. The van der Waals surface area contributed by atoms with Gasteiger partial charge in [-0.1, -0.05) is 42.5 Å². The minimum atomic E-state index is 0.980. The first kappa shape index (κ1) is 8.42. The number of benzene rings is 2. The molecule has 2 aromatic carbocycles. The fourth-order valence-corrected chi connectivity index (χ4v) is 1.70. The van der Waals surface area contributed by atoms with Crippen LogP contribution in [0.1, 0.15) is 16.7 Å². The van der Waals surface area contributed by atoms with E-state index in [2.05, 4.69) is 23.5 Å². The third kappa shape index (κ3) is 1.46. The molecule has 0 N–H and O–H groups in total. The molecule has 15 heavy (non-hydrogen) atoms. The van der Waals surface area contributed by atoms with Crippen molar-refractivity contribution >= 4 is 11.9 Å². The molecule has 0 atom stereocenters. The van der Waals surface area contributed by atoms with E-state index >= 15 is 0 Å². The summed E-state index contributed by atoms with van der Waals surface area (Å²) in [6.07, 6.45) is 5.27. The van der Waals surface area contributed by atoms with Gasteiger partial charge in [0.1, 0.15) is 0 Å². The Balaban J connectivity index is 2.19. The van der Waals surface area contributed by atoms with E-state index in [1.807, 2.05) is 42.6 Å². The van der Waals surface area contributed by atoms with Crippen molar-refractivity contribution in [2.75, 3.05) is 0 Å².